The number of hydrogen-bond acceptors (Lipinski definition) is 12. The third kappa shape index (κ3) is 14.4. The second-order valence-corrected chi connectivity index (χ2v) is 15.9. The highest BCUT2D eigenvalue weighted by Crippen LogP contribution is 2.23. The molecule has 3 aliphatic rings. The van der Waals surface area contributed by atoms with Gasteiger partial charge in [0.15, 0.2) is 0 Å². The lowest BCUT2D eigenvalue weighted by atomic mass is 9.96. The van der Waals surface area contributed by atoms with Gasteiger partial charge in [-0.3, -0.25) is 52.7 Å². The minimum absolute atomic E-state index is 0.0195. The number of hydrogen-bond donors (Lipinski definition) is 10. The van der Waals surface area contributed by atoms with Gasteiger partial charge in [-0.1, -0.05) is 34.1 Å². The number of carbonyl (C=O) groups is 11. The fourth-order valence-corrected chi connectivity index (χ4v) is 7.34. The first kappa shape index (κ1) is 50.5. The highest BCUT2D eigenvalue weighted by molar-refractivity contribution is 5.98. The Balaban J connectivity index is 1.89. The van der Waals surface area contributed by atoms with Gasteiger partial charge in [0, 0.05) is 19.6 Å². The van der Waals surface area contributed by atoms with Crippen molar-refractivity contribution in [3.8, 4) is 0 Å². The van der Waals surface area contributed by atoms with Crippen LogP contribution in [0.15, 0.2) is 0 Å². The molecule has 0 aromatic carbocycles. The van der Waals surface area contributed by atoms with Crippen LogP contribution in [0.3, 0.4) is 0 Å². The molecule has 0 saturated carbocycles. The summed E-state index contributed by atoms with van der Waals surface area (Å²) in [5, 5.41) is 39.1. The van der Waals surface area contributed by atoms with Crippen molar-refractivity contribution in [3.63, 3.8) is 0 Å². The Morgan fingerprint density at radius 3 is 1.69 bits per heavy atom. The lowest BCUT2D eigenvalue weighted by molar-refractivity contribution is -0.146. The quantitative estimate of drug-likeness (QED) is 0.121. The van der Waals surface area contributed by atoms with Crippen LogP contribution in [0.5, 0.6) is 0 Å². The number of aliphatic carboxylic acids is 1. The Labute approximate surface area is 359 Å². The summed E-state index contributed by atoms with van der Waals surface area (Å²) in [5.74, 6) is -10.5. The molecule has 0 aliphatic carbocycles. The second-order valence-electron chi connectivity index (χ2n) is 15.9. The summed E-state index contributed by atoms with van der Waals surface area (Å²) in [4.78, 5) is 147. The van der Waals surface area contributed by atoms with E-state index in [1.54, 1.807) is 20.8 Å². The van der Waals surface area contributed by atoms with Crippen LogP contribution in [0, 0.1) is 11.8 Å². The minimum atomic E-state index is -1.68. The SMILES string of the molecule is CCC1NC(=O)CNC(=O)C(CC(=O)O)NC(=O)CNC(=O)C2CCCCN2C(=O)C(C)CNC(=O)C2CCCN2C(=O)C(C(C)CC)NC(=O)C(C(C)O)NC(=O)CNC1=O. The van der Waals surface area contributed by atoms with Crippen LogP contribution in [0.25, 0.3) is 0 Å². The summed E-state index contributed by atoms with van der Waals surface area (Å²) < 4.78 is 0. The van der Waals surface area contributed by atoms with Crippen LogP contribution >= 0.6 is 0 Å². The zero-order valence-electron chi connectivity index (χ0n) is 35.9. The molecule has 3 rings (SSSR count). The van der Waals surface area contributed by atoms with Crippen molar-refractivity contribution in [3.05, 3.63) is 0 Å². The Hall–Kier alpha value is -5.87. The van der Waals surface area contributed by atoms with E-state index in [0.717, 1.165) is 0 Å². The third-order valence-corrected chi connectivity index (χ3v) is 11.1. The third-order valence-electron chi connectivity index (χ3n) is 11.1. The van der Waals surface area contributed by atoms with Gasteiger partial charge in [0.2, 0.25) is 59.1 Å². The molecule has 0 bridgehead atoms. The average Bonchev–Trinajstić information content (AvgIpc) is 3.74. The Bertz CT molecular complexity index is 1710. The molecule has 10 amide bonds. The molecule has 0 radical (unpaired) electrons. The number of aliphatic hydroxyl groups is 1. The molecule has 9 unspecified atom stereocenters. The van der Waals surface area contributed by atoms with E-state index in [-0.39, 0.29) is 32.5 Å². The van der Waals surface area contributed by atoms with Crippen molar-refractivity contribution in [1.82, 2.24) is 52.3 Å². The van der Waals surface area contributed by atoms with E-state index in [2.05, 4.69) is 42.5 Å². The molecule has 23 heteroatoms. The second kappa shape index (κ2) is 23.9. The minimum Gasteiger partial charge on any atom is -0.481 e. The van der Waals surface area contributed by atoms with E-state index in [1.165, 1.54) is 23.6 Å². The van der Waals surface area contributed by atoms with E-state index in [4.69, 9.17) is 0 Å². The van der Waals surface area contributed by atoms with Gasteiger partial charge in [-0.25, -0.2) is 0 Å². The molecule has 10 N–H and O–H groups in total. The number of nitrogens with one attached hydrogen (secondary N) is 8. The molecule has 9 atom stereocenters. The molecule has 3 saturated heterocycles. The molecule has 3 heterocycles. The maximum absolute atomic E-state index is 14.1. The zero-order chi connectivity index (χ0) is 46.3. The summed E-state index contributed by atoms with van der Waals surface area (Å²) in [5.41, 5.74) is 0. The summed E-state index contributed by atoms with van der Waals surface area (Å²) in [6.07, 6.45) is 0.299. The molecular formula is C39H62N10O13. The van der Waals surface area contributed by atoms with Crippen LogP contribution in [-0.4, -0.2) is 167 Å². The van der Waals surface area contributed by atoms with Crippen molar-refractivity contribution in [1.29, 1.82) is 0 Å². The summed E-state index contributed by atoms with van der Waals surface area (Å²) in [6, 6.07) is -7.56. The lowest BCUT2D eigenvalue weighted by Crippen LogP contribution is -2.61. The van der Waals surface area contributed by atoms with Crippen LogP contribution in [-0.2, 0) is 52.7 Å². The van der Waals surface area contributed by atoms with Crippen molar-refractivity contribution < 1.29 is 63.0 Å². The van der Waals surface area contributed by atoms with E-state index in [0.29, 0.717) is 32.1 Å². The first-order chi connectivity index (χ1) is 29.3. The fourth-order valence-electron chi connectivity index (χ4n) is 7.34. The number of carbonyl (C=O) groups excluding carboxylic acids is 10. The van der Waals surface area contributed by atoms with Crippen molar-refractivity contribution in [2.75, 3.05) is 39.3 Å². The van der Waals surface area contributed by atoms with Crippen LogP contribution in [0.1, 0.15) is 86.0 Å². The van der Waals surface area contributed by atoms with Crippen LogP contribution in [0.4, 0.5) is 0 Å². The molecule has 0 aromatic heterocycles. The number of carboxylic acid groups (broad SMARTS) is 1. The molecule has 3 fully saturated rings. The fraction of sp³-hybridized carbons (Fsp3) is 0.718. The first-order valence-electron chi connectivity index (χ1n) is 21.1. The maximum Gasteiger partial charge on any atom is 0.305 e. The van der Waals surface area contributed by atoms with Crippen molar-refractivity contribution in [2.45, 2.75) is 128 Å². The van der Waals surface area contributed by atoms with Crippen LogP contribution < -0.4 is 42.5 Å². The Kier molecular flexibility index (Phi) is 19.5. The predicted molar refractivity (Wildman–Crippen MR) is 217 cm³/mol. The van der Waals surface area contributed by atoms with Gasteiger partial charge >= 0.3 is 5.97 Å². The molecular weight excluding hydrogens is 816 g/mol. The normalized spacial score (nSPS) is 28.8. The molecule has 0 spiro atoms. The summed E-state index contributed by atoms with van der Waals surface area (Å²) in [7, 11) is 0. The number of piperidine rings is 1. The number of fused-ring (bicyclic) bond motifs is 2. The van der Waals surface area contributed by atoms with Crippen molar-refractivity contribution >= 4 is 65.0 Å². The summed E-state index contributed by atoms with van der Waals surface area (Å²) >= 11 is 0. The maximum atomic E-state index is 14.1. The van der Waals surface area contributed by atoms with E-state index in [1.807, 2.05) is 0 Å². The predicted octanol–water partition coefficient (Wildman–Crippen LogP) is -4.28. The number of carboxylic acids is 1. The van der Waals surface area contributed by atoms with Gasteiger partial charge in [-0.05, 0) is 51.4 Å². The van der Waals surface area contributed by atoms with E-state index >= 15 is 0 Å². The highest BCUT2D eigenvalue weighted by atomic mass is 16.4. The number of aliphatic hydroxyl groups excluding tert-OH is 1. The van der Waals surface area contributed by atoms with Crippen LogP contribution in [0.2, 0.25) is 0 Å². The molecule has 3 aliphatic heterocycles. The number of amides is 10. The van der Waals surface area contributed by atoms with Gasteiger partial charge in [-0.15, -0.1) is 0 Å². The Morgan fingerprint density at radius 2 is 1.13 bits per heavy atom. The van der Waals surface area contributed by atoms with Crippen molar-refractivity contribution in [2.24, 2.45) is 11.8 Å². The monoisotopic (exact) mass is 878 g/mol. The number of nitrogens with zero attached hydrogens (tertiary/aromatic N) is 2. The van der Waals surface area contributed by atoms with Gasteiger partial charge < -0.3 is 62.5 Å². The molecule has 62 heavy (non-hydrogen) atoms. The van der Waals surface area contributed by atoms with Gasteiger partial charge in [0.1, 0.15) is 36.3 Å². The molecule has 346 valence electrons. The Morgan fingerprint density at radius 1 is 0.629 bits per heavy atom. The van der Waals surface area contributed by atoms with Gasteiger partial charge in [0.25, 0.3) is 0 Å². The van der Waals surface area contributed by atoms with Gasteiger partial charge in [-0.2, -0.15) is 0 Å². The topological polar surface area (TPSA) is 331 Å². The smallest absolute Gasteiger partial charge is 0.305 e. The standard InChI is InChI=1S/C39H62N10O13/c1-6-20(3)31-39(62)49-14-10-12-26(49)35(58)40-16-21(4)38(61)48-13-9-8-11-25(48)36(59)43-18-28(52)45-24(15-30(54)55)34(57)42-17-27(51)44-23(7-2)33(56)41-19-29(53)46-32(22(5)50)37(60)47-31/h20-26,31-32,50H,6-19H2,1-5H3,(H,40,58)(H,41,56)(H,42,57)(H,43,59)(H,44,51)(H,45,52)(H,46,53)(H,47,60)(H,54,55). The average molecular weight is 879 g/mol. The summed E-state index contributed by atoms with van der Waals surface area (Å²) in [6.45, 7) is 6.00. The zero-order valence-corrected chi connectivity index (χ0v) is 35.9. The largest absolute Gasteiger partial charge is 0.481 e. The first-order valence-corrected chi connectivity index (χ1v) is 21.1. The molecule has 0 aromatic rings. The van der Waals surface area contributed by atoms with E-state index < -0.39 is 145 Å². The molecule has 23 nitrogen and oxygen atoms in total. The van der Waals surface area contributed by atoms with Gasteiger partial charge in [0.05, 0.1) is 38.1 Å². The lowest BCUT2D eigenvalue weighted by Gasteiger charge is -2.36. The number of rotatable bonds is 6. The van der Waals surface area contributed by atoms with E-state index in [9.17, 15) is 63.0 Å². The highest BCUT2D eigenvalue weighted by Gasteiger charge is 2.41.